The maximum absolute atomic E-state index is 12.8. The van der Waals surface area contributed by atoms with Gasteiger partial charge in [-0.25, -0.2) is 0 Å². The average Bonchev–Trinajstić information content (AvgIpc) is 3.09. The fourth-order valence-electron chi connectivity index (χ4n) is 3.78. The molecule has 2 amide bonds. The number of piperidine rings is 1. The van der Waals surface area contributed by atoms with Gasteiger partial charge < -0.3 is 14.5 Å². The van der Waals surface area contributed by atoms with Crippen molar-refractivity contribution in [3.05, 3.63) is 21.9 Å². The van der Waals surface area contributed by atoms with Crippen molar-refractivity contribution in [2.45, 2.75) is 52.2 Å². The van der Waals surface area contributed by atoms with E-state index in [1.807, 2.05) is 35.8 Å². The SMILES string of the molecule is CCc1ccc(C(=O)N2CCC(C(=O)N3C[C@@H](C)O[C@H](C)C3)CC2)s1. The molecule has 2 aliphatic heterocycles. The highest BCUT2D eigenvalue weighted by Gasteiger charge is 2.33. The first kappa shape index (κ1) is 18.4. The van der Waals surface area contributed by atoms with E-state index in [1.54, 1.807) is 11.3 Å². The van der Waals surface area contributed by atoms with Gasteiger partial charge in [0.15, 0.2) is 0 Å². The summed E-state index contributed by atoms with van der Waals surface area (Å²) in [5.41, 5.74) is 0. The van der Waals surface area contributed by atoms with Crippen molar-refractivity contribution in [2.24, 2.45) is 5.92 Å². The van der Waals surface area contributed by atoms with E-state index in [4.69, 9.17) is 4.74 Å². The third-order valence-electron chi connectivity index (χ3n) is 5.08. The number of nitrogens with zero attached hydrogens (tertiary/aromatic N) is 2. The summed E-state index contributed by atoms with van der Waals surface area (Å²) in [6, 6.07) is 3.97. The minimum Gasteiger partial charge on any atom is -0.372 e. The Hall–Kier alpha value is -1.40. The lowest BCUT2D eigenvalue weighted by Gasteiger charge is -2.39. The van der Waals surface area contributed by atoms with Crippen LogP contribution in [-0.4, -0.2) is 60.0 Å². The lowest BCUT2D eigenvalue weighted by molar-refractivity contribution is -0.148. The molecule has 3 heterocycles. The van der Waals surface area contributed by atoms with Gasteiger partial charge in [0, 0.05) is 37.0 Å². The van der Waals surface area contributed by atoms with Gasteiger partial charge >= 0.3 is 0 Å². The Bertz CT molecular complexity index is 612. The van der Waals surface area contributed by atoms with Crippen molar-refractivity contribution >= 4 is 23.2 Å². The third kappa shape index (κ3) is 4.23. The summed E-state index contributed by atoms with van der Waals surface area (Å²) in [6.45, 7) is 8.83. The van der Waals surface area contributed by atoms with E-state index in [0.29, 0.717) is 26.2 Å². The Balaban J connectivity index is 1.54. The molecule has 25 heavy (non-hydrogen) atoms. The van der Waals surface area contributed by atoms with Crippen LogP contribution in [0.2, 0.25) is 0 Å². The van der Waals surface area contributed by atoms with Crippen LogP contribution < -0.4 is 0 Å². The number of aryl methyl sites for hydroxylation is 1. The molecule has 2 aliphatic rings. The lowest BCUT2D eigenvalue weighted by Crippen LogP contribution is -2.51. The van der Waals surface area contributed by atoms with Gasteiger partial charge in [-0.1, -0.05) is 6.92 Å². The van der Waals surface area contributed by atoms with Crippen LogP contribution in [0.4, 0.5) is 0 Å². The topological polar surface area (TPSA) is 49.9 Å². The second-order valence-electron chi connectivity index (χ2n) is 7.19. The summed E-state index contributed by atoms with van der Waals surface area (Å²) in [7, 11) is 0. The van der Waals surface area contributed by atoms with Gasteiger partial charge in [0.2, 0.25) is 5.91 Å². The number of hydrogen-bond donors (Lipinski definition) is 0. The third-order valence-corrected chi connectivity index (χ3v) is 6.30. The standard InChI is InChI=1S/C19H28N2O3S/c1-4-16-5-6-17(25-16)19(23)20-9-7-15(8-10-20)18(22)21-11-13(2)24-14(3)12-21/h5-6,13-15H,4,7-12H2,1-3H3/t13-,14-/m1/s1. The fraction of sp³-hybridized carbons (Fsp3) is 0.684. The normalized spacial score (nSPS) is 25.2. The molecule has 0 radical (unpaired) electrons. The molecule has 0 aromatic carbocycles. The van der Waals surface area contributed by atoms with Gasteiger partial charge in [0.05, 0.1) is 17.1 Å². The molecule has 0 spiro atoms. The minimum absolute atomic E-state index is 0.0380. The van der Waals surface area contributed by atoms with Crippen LogP contribution in [0.15, 0.2) is 12.1 Å². The van der Waals surface area contributed by atoms with Crippen molar-refractivity contribution in [1.82, 2.24) is 9.80 Å². The van der Waals surface area contributed by atoms with Crippen LogP contribution in [0, 0.1) is 5.92 Å². The highest BCUT2D eigenvalue weighted by molar-refractivity contribution is 7.14. The monoisotopic (exact) mass is 364 g/mol. The molecule has 0 saturated carbocycles. The second kappa shape index (κ2) is 7.87. The number of carbonyl (C=O) groups excluding carboxylic acids is 2. The number of morpholine rings is 1. The first-order valence-corrected chi connectivity index (χ1v) is 10.1. The van der Waals surface area contributed by atoms with Crippen molar-refractivity contribution < 1.29 is 14.3 Å². The average molecular weight is 365 g/mol. The summed E-state index contributed by atoms with van der Waals surface area (Å²) < 4.78 is 5.72. The number of hydrogen-bond acceptors (Lipinski definition) is 4. The molecule has 1 aromatic heterocycles. The molecular formula is C19H28N2O3S. The van der Waals surface area contributed by atoms with Crippen LogP contribution in [0.25, 0.3) is 0 Å². The highest BCUT2D eigenvalue weighted by atomic mass is 32.1. The second-order valence-corrected chi connectivity index (χ2v) is 8.35. The maximum Gasteiger partial charge on any atom is 0.263 e. The Morgan fingerprint density at radius 3 is 2.32 bits per heavy atom. The van der Waals surface area contributed by atoms with Crippen LogP contribution in [0.1, 0.15) is 48.2 Å². The maximum atomic E-state index is 12.8. The summed E-state index contributed by atoms with van der Waals surface area (Å²) in [5, 5.41) is 0. The van der Waals surface area contributed by atoms with Crippen molar-refractivity contribution in [1.29, 1.82) is 0 Å². The van der Waals surface area contributed by atoms with Gasteiger partial charge in [-0.15, -0.1) is 11.3 Å². The highest BCUT2D eigenvalue weighted by Crippen LogP contribution is 2.25. The zero-order valence-corrected chi connectivity index (χ0v) is 16.2. The van der Waals surface area contributed by atoms with E-state index in [9.17, 15) is 9.59 Å². The van der Waals surface area contributed by atoms with Crippen LogP contribution in [-0.2, 0) is 16.0 Å². The summed E-state index contributed by atoms with van der Waals surface area (Å²) in [6.07, 6.45) is 2.68. The van der Waals surface area contributed by atoms with Gasteiger partial charge in [-0.3, -0.25) is 9.59 Å². The van der Waals surface area contributed by atoms with E-state index in [2.05, 4.69) is 6.92 Å². The number of amides is 2. The van der Waals surface area contributed by atoms with Crippen molar-refractivity contribution in [3.8, 4) is 0 Å². The van der Waals surface area contributed by atoms with Crippen molar-refractivity contribution in [2.75, 3.05) is 26.2 Å². The van der Waals surface area contributed by atoms with Gasteiger partial charge in [-0.05, 0) is 45.2 Å². The molecule has 6 heteroatoms. The number of likely N-dealkylation sites (tertiary alicyclic amines) is 1. The quantitative estimate of drug-likeness (QED) is 0.829. The van der Waals surface area contributed by atoms with Crippen LogP contribution in [0.3, 0.4) is 0 Å². The zero-order valence-electron chi connectivity index (χ0n) is 15.4. The molecule has 0 bridgehead atoms. The Kier molecular flexibility index (Phi) is 5.79. The number of ether oxygens (including phenoxy) is 1. The lowest BCUT2D eigenvalue weighted by atomic mass is 9.94. The minimum atomic E-state index is 0.0380. The summed E-state index contributed by atoms with van der Waals surface area (Å²) >= 11 is 1.58. The van der Waals surface area contributed by atoms with E-state index < -0.39 is 0 Å². The molecule has 2 atom stereocenters. The van der Waals surface area contributed by atoms with Crippen molar-refractivity contribution in [3.63, 3.8) is 0 Å². The molecule has 0 N–H and O–H groups in total. The Morgan fingerprint density at radius 1 is 1.12 bits per heavy atom. The first-order chi connectivity index (χ1) is 12.0. The summed E-state index contributed by atoms with van der Waals surface area (Å²) in [4.78, 5) is 31.3. The van der Waals surface area contributed by atoms with Crippen LogP contribution >= 0.6 is 11.3 Å². The predicted molar refractivity (Wildman–Crippen MR) is 98.9 cm³/mol. The smallest absolute Gasteiger partial charge is 0.263 e. The van der Waals surface area contributed by atoms with E-state index in [-0.39, 0.29) is 29.9 Å². The van der Waals surface area contributed by atoms with Gasteiger partial charge in [0.1, 0.15) is 0 Å². The summed E-state index contributed by atoms with van der Waals surface area (Å²) in [5.74, 6) is 0.388. The molecular weight excluding hydrogens is 336 g/mol. The van der Waals surface area contributed by atoms with Gasteiger partial charge in [-0.2, -0.15) is 0 Å². The van der Waals surface area contributed by atoms with Gasteiger partial charge in [0.25, 0.3) is 5.91 Å². The van der Waals surface area contributed by atoms with E-state index in [0.717, 1.165) is 24.1 Å². The zero-order chi connectivity index (χ0) is 18.0. The number of rotatable bonds is 3. The van der Waals surface area contributed by atoms with Crippen LogP contribution in [0.5, 0.6) is 0 Å². The molecule has 3 rings (SSSR count). The number of carbonyl (C=O) groups is 2. The van der Waals surface area contributed by atoms with E-state index >= 15 is 0 Å². The number of thiophene rings is 1. The van der Waals surface area contributed by atoms with E-state index in [1.165, 1.54) is 4.88 Å². The molecule has 138 valence electrons. The molecule has 0 aliphatic carbocycles. The molecule has 0 unspecified atom stereocenters. The predicted octanol–water partition coefficient (Wildman–Crippen LogP) is 2.80. The molecule has 5 nitrogen and oxygen atoms in total. The largest absolute Gasteiger partial charge is 0.372 e. The molecule has 2 fully saturated rings. The molecule has 1 aromatic rings. The Labute approximate surface area is 153 Å². The fourth-order valence-corrected chi connectivity index (χ4v) is 4.70. The first-order valence-electron chi connectivity index (χ1n) is 9.30. The molecule has 2 saturated heterocycles. The Morgan fingerprint density at radius 2 is 1.76 bits per heavy atom.